The third-order valence-electron chi connectivity index (χ3n) is 3.42. The van der Waals surface area contributed by atoms with Gasteiger partial charge in [-0.05, 0) is 19.1 Å². The summed E-state index contributed by atoms with van der Waals surface area (Å²) < 4.78 is 2.01. The molecule has 5 nitrogen and oxygen atoms in total. The van der Waals surface area contributed by atoms with E-state index in [-0.39, 0.29) is 0 Å². The standard InChI is InChI=1S/C13H13N5S/c1-8-6-10-11(7-15-8)19-13-16-12(17-18(10)13)9-2-4-14-5-3-9/h2-5,8,15H,6-7H2,1H3. The van der Waals surface area contributed by atoms with Crippen molar-refractivity contribution in [3.8, 4) is 11.4 Å². The van der Waals surface area contributed by atoms with Crippen LogP contribution in [0.1, 0.15) is 17.5 Å². The maximum Gasteiger partial charge on any atom is 0.213 e. The van der Waals surface area contributed by atoms with Crippen molar-refractivity contribution in [1.82, 2.24) is 24.9 Å². The van der Waals surface area contributed by atoms with E-state index in [0.717, 1.165) is 29.3 Å². The maximum atomic E-state index is 4.65. The fourth-order valence-electron chi connectivity index (χ4n) is 2.42. The minimum Gasteiger partial charge on any atom is -0.309 e. The molecule has 1 aliphatic heterocycles. The molecule has 19 heavy (non-hydrogen) atoms. The number of aromatic nitrogens is 4. The number of hydrogen-bond donors (Lipinski definition) is 1. The van der Waals surface area contributed by atoms with Crippen molar-refractivity contribution in [2.24, 2.45) is 0 Å². The first-order chi connectivity index (χ1) is 9.31. The highest BCUT2D eigenvalue weighted by Gasteiger charge is 2.22. The average molecular weight is 271 g/mol. The van der Waals surface area contributed by atoms with Gasteiger partial charge in [-0.1, -0.05) is 11.3 Å². The summed E-state index contributed by atoms with van der Waals surface area (Å²) in [4.78, 5) is 11.0. The smallest absolute Gasteiger partial charge is 0.213 e. The molecule has 6 heteroatoms. The van der Waals surface area contributed by atoms with Gasteiger partial charge >= 0.3 is 0 Å². The van der Waals surface area contributed by atoms with Gasteiger partial charge in [0, 0.05) is 41.8 Å². The highest BCUT2D eigenvalue weighted by atomic mass is 32.1. The van der Waals surface area contributed by atoms with Crippen LogP contribution < -0.4 is 5.32 Å². The highest BCUT2D eigenvalue weighted by Crippen LogP contribution is 2.28. The summed E-state index contributed by atoms with van der Waals surface area (Å²) in [5, 5.41) is 8.12. The number of thiazole rings is 1. The summed E-state index contributed by atoms with van der Waals surface area (Å²) in [6.45, 7) is 3.13. The van der Waals surface area contributed by atoms with Crippen LogP contribution in [-0.4, -0.2) is 25.6 Å². The Morgan fingerprint density at radius 1 is 1.37 bits per heavy atom. The summed E-state index contributed by atoms with van der Waals surface area (Å²) in [5.41, 5.74) is 2.32. The van der Waals surface area contributed by atoms with E-state index < -0.39 is 0 Å². The quantitative estimate of drug-likeness (QED) is 0.734. The van der Waals surface area contributed by atoms with E-state index in [2.05, 4.69) is 27.3 Å². The molecule has 4 rings (SSSR count). The molecule has 3 aromatic rings. The Morgan fingerprint density at radius 2 is 2.21 bits per heavy atom. The first kappa shape index (κ1) is 11.1. The van der Waals surface area contributed by atoms with Crippen molar-refractivity contribution < 1.29 is 0 Å². The predicted octanol–water partition coefficient (Wildman–Crippen LogP) is 1.89. The van der Waals surface area contributed by atoms with Crippen LogP contribution in [0.15, 0.2) is 24.5 Å². The molecule has 96 valence electrons. The topological polar surface area (TPSA) is 55.1 Å². The van der Waals surface area contributed by atoms with Gasteiger partial charge in [-0.2, -0.15) is 4.98 Å². The summed E-state index contributed by atoms with van der Waals surface area (Å²) in [7, 11) is 0. The molecule has 0 spiro atoms. The van der Waals surface area contributed by atoms with Gasteiger partial charge in [0.15, 0.2) is 5.82 Å². The first-order valence-electron chi connectivity index (χ1n) is 6.32. The van der Waals surface area contributed by atoms with Gasteiger partial charge in [-0.25, -0.2) is 4.52 Å². The number of hydrogen-bond acceptors (Lipinski definition) is 5. The molecule has 0 saturated heterocycles. The summed E-state index contributed by atoms with van der Waals surface area (Å²) >= 11 is 1.73. The molecule has 0 radical (unpaired) electrons. The first-order valence-corrected chi connectivity index (χ1v) is 7.14. The van der Waals surface area contributed by atoms with Crippen LogP contribution in [0, 0.1) is 0 Å². The van der Waals surface area contributed by atoms with E-state index >= 15 is 0 Å². The second-order valence-corrected chi connectivity index (χ2v) is 5.89. The lowest BCUT2D eigenvalue weighted by Crippen LogP contribution is -2.32. The number of nitrogens with one attached hydrogen (secondary N) is 1. The lowest BCUT2D eigenvalue weighted by atomic mass is 10.1. The number of fused-ring (bicyclic) bond motifs is 3. The molecule has 0 amide bonds. The van der Waals surface area contributed by atoms with Crippen LogP contribution in [0.3, 0.4) is 0 Å². The zero-order chi connectivity index (χ0) is 12.8. The van der Waals surface area contributed by atoms with Crippen LogP contribution in [0.25, 0.3) is 16.3 Å². The predicted molar refractivity (Wildman–Crippen MR) is 74.1 cm³/mol. The molecule has 4 heterocycles. The third-order valence-corrected chi connectivity index (χ3v) is 4.49. The second kappa shape index (κ2) is 4.11. The molecule has 0 aromatic carbocycles. The molecular weight excluding hydrogens is 258 g/mol. The van der Waals surface area contributed by atoms with E-state index in [0.29, 0.717) is 6.04 Å². The maximum absolute atomic E-state index is 4.65. The fourth-order valence-corrected chi connectivity index (χ4v) is 3.45. The van der Waals surface area contributed by atoms with Gasteiger partial charge in [0.2, 0.25) is 4.96 Å². The van der Waals surface area contributed by atoms with Crippen LogP contribution in [0.2, 0.25) is 0 Å². The summed E-state index contributed by atoms with van der Waals surface area (Å²) in [6, 6.07) is 4.38. The van der Waals surface area contributed by atoms with E-state index in [9.17, 15) is 0 Å². The molecule has 3 aromatic heterocycles. The SMILES string of the molecule is CC1Cc2c(sc3nc(-c4ccncc4)nn23)CN1. The summed E-state index contributed by atoms with van der Waals surface area (Å²) in [6.07, 6.45) is 4.55. The Hall–Kier alpha value is -1.79. The van der Waals surface area contributed by atoms with E-state index in [1.165, 1.54) is 10.6 Å². The summed E-state index contributed by atoms with van der Waals surface area (Å²) in [5.74, 6) is 0.780. The molecule has 1 N–H and O–H groups in total. The lowest BCUT2D eigenvalue weighted by Gasteiger charge is -2.19. The zero-order valence-corrected chi connectivity index (χ0v) is 11.3. The molecule has 1 unspecified atom stereocenters. The van der Waals surface area contributed by atoms with E-state index in [1.807, 2.05) is 16.6 Å². The Kier molecular flexibility index (Phi) is 2.39. The fraction of sp³-hybridized carbons (Fsp3) is 0.308. The zero-order valence-electron chi connectivity index (χ0n) is 10.5. The van der Waals surface area contributed by atoms with Crippen LogP contribution in [0.5, 0.6) is 0 Å². The van der Waals surface area contributed by atoms with Gasteiger partial charge in [0.25, 0.3) is 0 Å². The molecule has 0 aliphatic carbocycles. The molecule has 1 aliphatic rings. The van der Waals surface area contributed by atoms with Gasteiger partial charge < -0.3 is 5.32 Å². The Bertz CT molecular complexity index is 730. The lowest BCUT2D eigenvalue weighted by molar-refractivity contribution is 0.505. The number of pyridine rings is 1. The molecule has 0 saturated carbocycles. The van der Waals surface area contributed by atoms with Crippen LogP contribution in [0.4, 0.5) is 0 Å². The van der Waals surface area contributed by atoms with Crippen molar-refractivity contribution >= 4 is 16.3 Å². The number of nitrogens with zero attached hydrogens (tertiary/aromatic N) is 4. The Labute approximate surface area is 114 Å². The Balaban J connectivity index is 1.85. The van der Waals surface area contributed by atoms with Crippen molar-refractivity contribution in [3.05, 3.63) is 35.1 Å². The van der Waals surface area contributed by atoms with Crippen LogP contribution in [-0.2, 0) is 13.0 Å². The van der Waals surface area contributed by atoms with E-state index in [1.54, 1.807) is 23.7 Å². The molecule has 0 bridgehead atoms. The van der Waals surface area contributed by atoms with Crippen molar-refractivity contribution in [2.45, 2.75) is 25.9 Å². The Morgan fingerprint density at radius 3 is 3.05 bits per heavy atom. The van der Waals surface area contributed by atoms with Gasteiger partial charge in [-0.15, -0.1) is 5.10 Å². The van der Waals surface area contributed by atoms with Crippen molar-refractivity contribution in [1.29, 1.82) is 0 Å². The highest BCUT2D eigenvalue weighted by molar-refractivity contribution is 7.17. The van der Waals surface area contributed by atoms with Gasteiger partial charge in [0.1, 0.15) is 0 Å². The van der Waals surface area contributed by atoms with Gasteiger partial charge in [0.05, 0.1) is 5.69 Å². The van der Waals surface area contributed by atoms with E-state index in [4.69, 9.17) is 0 Å². The molecule has 0 fully saturated rings. The average Bonchev–Trinajstić information content (AvgIpc) is 2.98. The number of rotatable bonds is 1. The van der Waals surface area contributed by atoms with Crippen molar-refractivity contribution in [2.75, 3.05) is 0 Å². The largest absolute Gasteiger partial charge is 0.309 e. The normalized spacial score (nSPS) is 18.7. The second-order valence-electron chi connectivity index (χ2n) is 4.82. The van der Waals surface area contributed by atoms with Crippen molar-refractivity contribution in [3.63, 3.8) is 0 Å². The molecular formula is C13H13N5S. The van der Waals surface area contributed by atoms with Gasteiger partial charge in [-0.3, -0.25) is 4.98 Å². The van der Waals surface area contributed by atoms with Crippen LogP contribution >= 0.6 is 11.3 Å². The monoisotopic (exact) mass is 271 g/mol. The minimum absolute atomic E-state index is 0.499. The third kappa shape index (κ3) is 1.75. The minimum atomic E-state index is 0.499. The molecule has 1 atom stereocenters.